The number of rotatable bonds is 9. The van der Waals surface area contributed by atoms with E-state index < -0.39 is 10.0 Å². The van der Waals surface area contributed by atoms with E-state index in [0.29, 0.717) is 24.3 Å². The van der Waals surface area contributed by atoms with Gasteiger partial charge in [0.2, 0.25) is 0 Å². The molecule has 3 aromatic carbocycles. The zero-order chi connectivity index (χ0) is 22.3. The smallest absolute Gasteiger partial charge is 0.264 e. The minimum Gasteiger partial charge on any atom is -0.335 e. The molecule has 0 saturated heterocycles. The Morgan fingerprint density at radius 3 is 2.06 bits per heavy atom. The number of carbonyl (C=O) groups is 1. The van der Waals surface area contributed by atoms with Gasteiger partial charge in [0.05, 0.1) is 10.6 Å². The molecule has 0 unspecified atom stereocenters. The third-order valence-electron chi connectivity index (χ3n) is 5.03. The first-order valence-electron chi connectivity index (χ1n) is 10.0. The van der Waals surface area contributed by atoms with Crippen LogP contribution in [0.4, 0.5) is 5.69 Å². The summed E-state index contributed by atoms with van der Waals surface area (Å²) in [7, 11) is -2.21. The lowest BCUT2D eigenvalue weighted by Crippen LogP contribution is -2.33. The van der Waals surface area contributed by atoms with Crippen LogP contribution >= 0.6 is 0 Å². The number of hydrogen-bond acceptors (Lipinski definition) is 3. The SMILES string of the molecule is C=CCN(CCc1ccccc1)C(=O)c1ccc(S(=O)(=O)N(C)c2ccccc2)cc1. The van der Waals surface area contributed by atoms with Gasteiger partial charge in [0.15, 0.2) is 0 Å². The van der Waals surface area contributed by atoms with Crippen LogP contribution in [0.1, 0.15) is 15.9 Å². The maximum Gasteiger partial charge on any atom is 0.264 e. The Morgan fingerprint density at radius 1 is 0.903 bits per heavy atom. The summed E-state index contributed by atoms with van der Waals surface area (Å²) in [5, 5.41) is 0. The van der Waals surface area contributed by atoms with E-state index in [9.17, 15) is 13.2 Å². The summed E-state index contributed by atoms with van der Waals surface area (Å²) in [5.74, 6) is -0.156. The molecule has 0 bridgehead atoms. The van der Waals surface area contributed by atoms with Crippen LogP contribution in [0.25, 0.3) is 0 Å². The highest BCUT2D eigenvalue weighted by atomic mass is 32.2. The number of carbonyl (C=O) groups excluding carboxylic acids is 1. The first kappa shape index (κ1) is 22.3. The number of benzene rings is 3. The van der Waals surface area contributed by atoms with Crippen LogP contribution in [-0.4, -0.2) is 39.4 Å². The molecule has 6 heteroatoms. The minimum atomic E-state index is -3.72. The van der Waals surface area contributed by atoms with Gasteiger partial charge in [-0.05, 0) is 48.4 Å². The molecule has 0 atom stereocenters. The van der Waals surface area contributed by atoms with Crippen LogP contribution in [0.2, 0.25) is 0 Å². The Hall–Kier alpha value is -3.38. The molecule has 0 spiro atoms. The fourth-order valence-corrected chi connectivity index (χ4v) is 4.42. The fraction of sp³-hybridized carbons (Fsp3) is 0.160. The molecule has 1 amide bonds. The lowest BCUT2D eigenvalue weighted by Gasteiger charge is -2.22. The van der Waals surface area contributed by atoms with Crippen molar-refractivity contribution in [2.24, 2.45) is 0 Å². The van der Waals surface area contributed by atoms with Crippen LogP contribution in [-0.2, 0) is 16.4 Å². The molecule has 0 fully saturated rings. The summed E-state index contributed by atoms with van der Waals surface area (Å²) < 4.78 is 27.1. The number of sulfonamides is 1. The largest absolute Gasteiger partial charge is 0.335 e. The molecule has 0 aromatic heterocycles. The van der Waals surface area contributed by atoms with Crippen molar-refractivity contribution in [1.29, 1.82) is 0 Å². The van der Waals surface area contributed by atoms with E-state index in [0.717, 1.165) is 12.0 Å². The average Bonchev–Trinajstić information content (AvgIpc) is 2.82. The third kappa shape index (κ3) is 5.41. The summed E-state index contributed by atoms with van der Waals surface area (Å²) in [6.45, 7) is 4.71. The first-order chi connectivity index (χ1) is 14.9. The van der Waals surface area contributed by atoms with Crippen molar-refractivity contribution in [1.82, 2.24) is 4.90 Å². The zero-order valence-electron chi connectivity index (χ0n) is 17.5. The average molecular weight is 435 g/mol. The molecule has 3 aromatic rings. The molecule has 0 aliphatic carbocycles. The Kier molecular flexibility index (Phi) is 7.26. The normalized spacial score (nSPS) is 11.0. The third-order valence-corrected chi connectivity index (χ3v) is 6.83. The van der Waals surface area contributed by atoms with Gasteiger partial charge in [-0.2, -0.15) is 0 Å². The summed E-state index contributed by atoms with van der Waals surface area (Å²) in [5.41, 5.74) is 2.16. The van der Waals surface area contributed by atoms with Crippen LogP contribution < -0.4 is 4.31 Å². The molecule has 3 rings (SSSR count). The van der Waals surface area contributed by atoms with Gasteiger partial charge >= 0.3 is 0 Å². The Labute approximate surface area is 184 Å². The highest BCUT2D eigenvalue weighted by molar-refractivity contribution is 7.92. The predicted molar refractivity (Wildman–Crippen MR) is 125 cm³/mol. The highest BCUT2D eigenvalue weighted by Crippen LogP contribution is 2.22. The summed E-state index contributed by atoms with van der Waals surface area (Å²) in [6, 6.07) is 24.9. The maximum atomic E-state index is 13.0. The molecule has 5 nitrogen and oxygen atoms in total. The van der Waals surface area contributed by atoms with E-state index in [1.165, 1.54) is 23.5 Å². The number of hydrogen-bond donors (Lipinski definition) is 0. The van der Waals surface area contributed by atoms with E-state index >= 15 is 0 Å². The summed E-state index contributed by atoms with van der Waals surface area (Å²) in [6.07, 6.45) is 2.42. The molecule has 0 radical (unpaired) electrons. The van der Waals surface area contributed by atoms with Gasteiger partial charge in [-0.3, -0.25) is 9.10 Å². The van der Waals surface area contributed by atoms with Gasteiger partial charge in [-0.25, -0.2) is 8.42 Å². The molecular weight excluding hydrogens is 408 g/mol. The lowest BCUT2D eigenvalue weighted by molar-refractivity contribution is 0.0775. The van der Waals surface area contributed by atoms with Crippen molar-refractivity contribution >= 4 is 21.6 Å². The van der Waals surface area contributed by atoms with Gasteiger partial charge in [0, 0.05) is 25.7 Å². The molecule has 0 N–H and O–H groups in total. The molecule has 0 saturated carbocycles. The van der Waals surface area contributed by atoms with Crippen LogP contribution in [0.5, 0.6) is 0 Å². The number of para-hydroxylation sites is 1. The van der Waals surface area contributed by atoms with Crippen molar-refractivity contribution in [2.75, 3.05) is 24.4 Å². The quantitative estimate of drug-likeness (QED) is 0.470. The van der Waals surface area contributed by atoms with Gasteiger partial charge in [0.1, 0.15) is 0 Å². The highest BCUT2D eigenvalue weighted by Gasteiger charge is 2.22. The predicted octanol–water partition coefficient (Wildman–Crippen LogP) is 4.38. The Bertz CT molecular complexity index is 1110. The van der Waals surface area contributed by atoms with Gasteiger partial charge in [-0.15, -0.1) is 6.58 Å². The zero-order valence-corrected chi connectivity index (χ0v) is 18.3. The van der Waals surface area contributed by atoms with Crippen LogP contribution in [0.15, 0.2) is 102 Å². The minimum absolute atomic E-state index is 0.134. The second kappa shape index (κ2) is 10.1. The van der Waals surface area contributed by atoms with E-state index in [2.05, 4.69) is 6.58 Å². The molecular formula is C25H26N2O3S. The van der Waals surface area contributed by atoms with Gasteiger partial charge in [0.25, 0.3) is 15.9 Å². The van der Waals surface area contributed by atoms with Crippen molar-refractivity contribution in [3.8, 4) is 0 Å². The number of nitrogens with zero attached hydrogens (tertiary/aromatic N) is 2. The Balaban J connectivity index is 1.75. The molecule has 31 heavy (non-hydrogen) atoms. The molecule has 0 heterocycles. The van der Waals surface area contributed by atoms with Crippen molar-refractivity contribution < 1.29 is 13.2 Å². The standard InChI is InChI=1S/C25H26N2O3S/c1-3-19-27(20-18-21-10-6-4-7-11-21)25(28)22-14-16-24(17-15-22)31(29,30)26(2)23-12-8-5-9-13-23/h3-17H,1,18-20H2,2H3. The molecule has 160 valence electrons. The second-order valence-corrected chi connectivity index (χ2v) is 9.08. The fourth-order valence-electron chi connectivity index (χ4n) is 3.23. The van der Waals surface area contributed by atoms with Crippen molar-refractivity contribution in [2.45, 2.75) is 11.3 Å². The Morgan fingerprint density at radius 2 is 1.48 bits per heavy atom. The summed E-state index contributed by atoms with van der Waals surface area (Å²) >= 11 is 0. The topological polar surface area (TPSA) is 57.7 Å². The van der Waals surface area contributed by atoms with E-state index in [-0.39, 0.29) is 10.8 Å². The molecule has 0 aliphatic heterocycles. The van der Waals surface area contributed by atoms with Crippen molar-refractivity contribution in [3.63, 3.8) is 0 Å². The first-order valence-corrected chi connectivity index (χ1v) is 11.5. The van der Waals surface area contributed by atoms with E-state index in [1.807, 2.05) is 36.4 Å². The van der Waals surface area contributed by atoms with E-state index in [4.69, 9.17) is 0 Å². The second-order valence-electron chi connectivity index (χ2n) is 7.11. The van der Waals surface area contributed by atoms with Crippen molar-refractivity contribution in [3.05, 3.63) is 109 Å². The van der Waals surface area contributed by atoms with Gasteiger partial charge in [-0.1, -0.05) is 54.6 Å². The van der Waals surface area contributed by atoms with Crippen LogP contribution in [0, 0.1) is 0 Å². The van der Waals surface area contributed by atoms with Gasteiger partial charge < -0.3 is 4.90 Å². The lowest BCUT2D eigenvalue weighted by atomic mass is 10.1. The summed E-state index contributed by atoms with van der Waals surface area (Å²) in [4.78, 5) is 14.8. The number of amides is 1. The monoisotopic (exact) mass is 434 g/mol. The van der Waals surface area contributed by atoms with Crippen LogP contribution in [0.3, 0.4) is 0 Å². The maximum absolute atomic E-state index is 13.0. The molecule has 0 aliphatic rings. The number of anilines is 1. The van der Waals surface area contributed by atoms with E-state index in [1.54, 1.807) is 47.4 Å².